The van der Waals surface area contributed by atoms with Crippen LogP contribution in [0.25, 0.3) is 54.9 Å². The second kappa shape index (κ2) is 14.9. The summed E-state index contributed by atoms with van der Waals surface area (Å²) in [6.45, 7) is 4.73. The predicted octanol–water partition coefficient (Wildman–Crippen LogP) is 16.6. The molecule has 0 spiro atoms. The van der Waals surface area contributed by atoms with Gasteiger partial charge in [0.15, 0.2) is 0 Å². The van der Waals surface area contributed by atoms with Gasteiger partial charge in [0.2, 0.25) is 0 Å². The van der Waals surface area contributed by atoms with Crippen molar-refractivity contribution in [1.29, 1.82) is 0 Å². The number of fused-ring (bicyclic) bond motifs is 5. The van der Waals surface area contributed by atoms with E-state index in [0.717, 1.165) is 39.7 Å². The normalized spacial score (nSPS) is 12.6. The molecule has 0 amide bonds. The van der Waals surface area contributed by atoms with Gasteiger partial charge >= 0.3 is 0 Å². The molecule has 2 heteroatoms. The highest BCUT2D eigenvalue weighted by atomic mass is 15.2. The van der Waals surface area contributed by atoms with Gasteiger partial charge in [-0.2, -0.15) is 0 Å². The van der Waals surface area contributed by atoms with Crippen molar-refractivity contribution in [2.75, 3.05) is 9.80 Å². The first-order valence-electron chi connectivity index (χ1n) is 21.2. The number of anilines is 6. The van der Waals surface area contributed by atoms with E-state index in [0.29, 0.717) is 0 Å². The number of nitrogens with zero attached hydrogens (tertiary/aromatic N) is 2. The second-order valence-electron chi connectivity index (χ2n) is 16.6. The van der Waals surface area contributed by atoms with Crippen molar-refractivity contribution in [2.24, 2.45) is 0 Å². The van der Waals surface area contributed by atoms with Gasteiger partial charge < -0.3 is 9.80 Å². The molecular formula is C59H44N2. The van der Waals surface area contributed by atoms with Crippen molar-refractivity contribution < 1.29 is 0 Å². The summed E-state index contributed by atoms with van der Waals surface area (Å²) in [5.41, 5.74) is 16.4. The molecule has 11 rings (SSSR count). The molecule has 0 unspecified atom stereocenters. The minimum absolute atomic E-state index is 0.156. The SMILES string of the molecule is CC1(C)c2ccccc2-c2ccc(N(c3cc(-c4ccc5ccccc5c4-c4ccccc4)cc(N(c4ccccc4)c4ccccc4)c3)c3ccc4ccccc4c3)cc21. The zero-order valence-electron chi connectivity index (χ0n) is 34.3. The Morgan fingerprint density at radius 2 is 0.803 bits per heavy atom. The van der Waals surface area contributed by atoms with Crippen LogP contribution in [0.2, 0.25) is 0 Å². The van der Waals surface area contributed by atoms with Crippen LogP contribution in [0.15, 0.2) is 231 Å². The third-order valence-corrected chi connectivity index (χ3v) is 12.6. The lowest BCUT2D eigenvalue weighted by Crippen LogP contribution is -2.17. The Balaban J connectivity index is 1.22. The minimum Gasteiger partial charge on any atom is -0.310 e. The summed E-state index contributed by atoms with van der Waals surface area (Å²) in [5, 5.41) is 4.87. The lowest BCUT2D eigenvalue weighted by Gasteiger charge is -2.31. The fourth-order valence-electron chi connectivity index (χ4n) is 9.63. The Morgan fingerprint density at radius 1 is 0.295 bits per heavy atom. The van der Waals surface area contributed by atoms with Crippen LogP contribution < -0.4 is 9.80 Å². The minimum atomic E-state index is -0.156. The zero-order valence-corrected chi connectivity index (χ0v) is 34.3. The van der Waals surface area contributed by atoms with Crippen molar-refractivity contribution in [3.8, 4) is 33.4 Å². The summed E-state index contributed by atoms with van der Waals surface area (Å²) in [6.07, 6.45) is 0. The Labute approximate surface area is 358 Å². The standard InChI is InChI=1S/C59H44N2/c1-59(2)56-29-17-16-28-54(56)55-35-33-49(40-57(55)59)61(48-32-30-41-18-12-13-22-44(41)36-48)51-38-45(37-50(39-51)60(46-23-8-4-9-24-46)47-25-10-5-11-26-47)53-34-31-42-19-14-15-27-52(42)58(53)43-20-6-3-7-21-43/h3-40H,1-2H3. The first-order valence-corrected chi connectivity index (χ1v) is 21.2. The number of para-hydroxylation sites is 2. The summed E-state index contributed by atoms with van der Waals surface area (Å²) in [4.78, 5) is 4.85. The van der Waals surface area contributed by atoms with E-state index >= 15 is 0 Å². The van der Waals surface area contributed by atoms with Gasteiger partial charge in [0.05, 0.1) is 0 Å². The molecule has 10 aromatic carbocycles. The summed E-state index contributed by atoms with van der Waals surface area (Å²) < 4.78 is 0. The zero-order chi connectivity index (χ0) is 40.9. The van der Waals surface area contributed by atoms with Gasteiger partial charge in [0, 0.05) is 39.5 Å². The average Bonchev–Trinajstić information content (AvgIpc) is 3.55. The Bertz CT molecular complexity index is 3180. The molecule has 0 N–H and O–H groups in total. The number of hydrogen-bond acceptors (Lipinski definition) is 2. The maximum atomic E-state index is 2.47. The quantitative estimate of drug-likeness (QED) is 0.152. The first kappa shape index (κ1) is 36.4. The van der Waals surface area contributed by atoms with Crippen molar-refractivity contribution >= 4 is 55.7 Å². The van der Waals surface area contributed by atoms with Crippen LogP contribution in [-0.4, -0.2) is 0 Å². The molecule has 1 aliphatic rings. The van der Waals surface area contributed by atoms with Crippen LogP contribution in [0.3, 0.4) is 0 Å². The van der Waals surface area contributed by atoms with E-state index in [1.165, 1.54) is 60.5 Å². The smallest absolute Gasteiger partial charge is 0.0488 e. The van der Waals surface area contributed by atoms with Crippen molar-refractivity contribution in [3.63, 3.8) is 0 Å². The highest BCUT2D eigenvalue weighted by Crippen LogP contribution is 2.52. The van der Waals surface area contributed by atoms with Crippen molar-refractivity contribution in [1.82, 2.24) is 0 Å². The fraction of sp³-hybridized carbons (Fsp3) is 0.0508. The largest absolute Gasteiger partial charge is 0.310 e. The molecule has 10 aromatic rings. The van der Waals surface area contributed by atoms with E-state index in [1.807, 2.05) is 0 Å². The van der Waals surface area contributed by atoms with E-state index in [2.05, 4.69) is 254 Å². The summed E-state index contributed by atoms with van der Waals surface area (Å²) >= 11 is 0. The molecular weight excluding hydrogens is 737 g/mol. The molecule has 0 saturated carbocycles. The summed E-state index contributed by atoms with van der Waals surface area (Å²) in [5.74, 6) is 0. The molecule has 0 atom stereocenters. The summed E-state index contributed by atoms with van der Waals surface area (Å²) in [7, 11) is 0. The second-order valence-corrected chi connectivity index (χ2v) is 16.6. The third-order valence-electron chi connectivity index (χ3n) is 12.6. The predicted molar refractivity (Wildman–Crippen MR) is 259 cm³/mol. The van der Waals surface area contributed by atoms with Crippen molar-refractivity contribution in [2.45, 2.75) is 19.3 Å². The van der Waals surface area contributed by atoms with E-state index in [-0.39, 0.29) is 5.41 Å². The van der Waals surface area contributed by atoms with Crippen LogP contribution in [0, 0.1) is 0 Å². The molecule has 61 heavy (non-hydrogen) atoms. The van der Waals surface area contributed by atoms with Gasteiger partial charge in [0.25, 0.3) is 0 Å². The van der Waals surface area contributed by atoms with Crippen LogP contribution in [-0.2, 0) is 5.41 Å². The molecule has 0 aliphatic heterocycles. The van der Waals surface area contributed by atoms with Crippen LogP contribution >= 0.6 is 0 Å². The van der Waals surface area contributed by atoms with Crippen molar-refractivity contribution in [3.05, 3.63) is 242 Å². The van der Waals surface area contributed by atoms with Crippen LogP contribution in [0.4, 0.5) is 34.1 Å². The number of benzene rings is 10. The topological polar surface area (TPSA) is 6.48 Å². The van der Waals surface area contributed by atoms with Crippen LogP contribution in [0.5, 0.6) is 0 Å². The maximum Gasteiger partial charge on any atom is 0.0488 e. The van der Waals surface area contributed by atoms with Crippen LogP contribution in [0.1, 0.15) is 25.0 Å². The van der Waals surface area contributed by atoms with Gasteiger partial charge in [-0.1, -0.05) is 178 Å². The Hall–Kier alpha value is -7.68. The molecule has 0 aromatic heterocycles. The van der Waals surface area contributed by atoms with Gasteiger partial charge in [-0.3, -0.25) is 0 Å². The summed E-state index contributed by atoms with van der Waals surface area (Å²) in [6, 6.07) is 84.4. The highest BCUT2D eigenvalue weighted by Gasteiger charge is 2.36. The molecule has 0 heterocycles. The lowest BCUT2D eigenvalue weighted by atomic mass is 9.82. The van der Waals surface area contributed by atoms with E-state index in [1.54, 1.807) is 0 Å². The monoisotopic (exact) mass is 780 g/mol. The molecule has 290 valence electrons. The molecule has 1 aliphatic carbocycles. The first-order chi connectivity index (χ1) is 30.0. The Kier molecular flexibility index (Phi) is 8.86. The third kappa shape index (κ3) is 6.36. The van der Waals surface area contributed by atoms with Gasteiger partial charge in [-0.25, -0.2) is 0 Å². The number of rotatable bonds is 8. The van der Waals surface area contributed by atoms with E-state index < -0.39 is 0 Å². The highest BCUT2D eigenvalue weighted by molar-refractivity contribution is 6.05. The van der Waals surface area contributed by atoms with E-state index in [9.17, 15) is 0 Å². The molecule has 0 fully saturated rings. The molecule has 0 radical (unpaired) electrons. The average molecular weight is 781 g/mol. The Morgan fingerprint density at radius 3 is 1.52 bits per heavy atom. The lowest BCUT2D eigenvalue weighted by molar-refractivity contribution is 0.660. The fourth-order valence-corrected chi connectivity index (χ4v) is 9.63. The van der Waals surface area contributed by atoms with Gasteiger partial charge in [-0.15, -0.1) is 0 Å². The number of hydrogen-bond donors (Lipinski definition) is 0. The van der Waals surface area contributed by atoms with Gasteiger partial charge in [0.1, 0.15) is 0 Å². The maximum absolute atomic E-state index is 2.47. The molecule has 2 nitrogen and oxygen atoms in total. The van der Waals surface area contributed by atoms with Gasteiger partial charge in [-0.05, 0) is 133 Å². The van der Waals surface area contributed by atoms with E-state index in [4.69, 9.17) is 0 Å². The molecule has 0 saturated heterocycles. The molecule has 0 bridgehead atoms.